The predicted octanol–water partition coefficient (Wildman–Crippen LogP) is 4.58. The van der Waals surface area contributed by atoms with Crippen molar-refractivity contribution in [1.82, 2.24) is 0 Å². The molecule has 106 valence electrons. The number of aliphatic hydroxyl groups excluding tert-OH is 1. The van der Waals surface area contributed by atoms with Gasteiger partial charge in [0.05, 0.1) is 14.2 Å². The minimum Gasteiger partial charge on any atom is -0.389 e. The molecule has 19 heavy (non-hydrogen) atoms. The lowest BCUT2D eigenvalue weighted by Crippen LogP contribution is -2.28. The average molecular weight is 276 g/mol. The molecule has 0 aliphatic heterocycles. The Morgan fingerprint density at radius 1 is 1.16 bits per heavy atom. The lowest BCUT2D eigenvalue weighted by molar-refractivity contribution is 0.205. The maximum Gasteiger partial charge on any atom is 0.0743 e. The summed E-state index contributed by atoms with van der Waals surface area (Å²) in [7, 11) is -1.36. The van der Waals surface area contributed by atoms with Crippen molar-refractivity contribution in [2.24, 2.45) is 0 Å². The topological polar surface area (TPSA) is 20.2 Å². The molecule has 1 rings (SSSR count). The van der Waals surface area contributed by atoms with Crippen LogP contribution in [0, 0.1) is 0 Å². The first-order valence-electron chi connectivity index (χ1n) is 7.28. The van der Waals surface area contributed by atoms with E-state index >= 15 is 0 Å². The van der Waals surface area contributed by atoms with Gasteiger partial charge in [0.15, 0.2) is 0 Å². The van der Waals surface area contributed by atoms with E-state index in [4.69, 9.17) is 0 Å². The molecule has 1 aromatic rings. The highest BCUT2D eigenvalue weighted by Gasteiger charge is 2.23. The molecule has 1 nitrogen and oxygen atoms in total. The predicted molar refractivity (Wildman–Crippen MR) is 87.1 cm³/mol. The Labute approximate surface area is 119 Å². The zero-order valence-corrected chi connectivity index (χ0v) is 14.0. The number of benzene rings is 1. The minimum atomic E-state index is -1.36. The maximum absolute atomic E-state index is 10.1. The van der Waals surface area contributed by atoms with E-state index in [9.17, 15) is 5.11 Å². The van der Waals surface area contributed by atoms with Gasteiger partial charge in [-0.25, -0.2) is 0 Å². The Morgan fingerprint density at radius 2 is 1.74 bits per heavy atom. The van der Waals surface area contributed by atoms with Gasteiger partial charge in [0, 0.05) is 0 Å². The molecule has 0 bridgehead atoms. The quantitative estimate of drug-likeness (QED) is 0.754. The second-order valence-corrected chi connectivity index (χ2v) is 11.4. The summed E-state index contributed by atoms with van der Waals surface area (Å²) in [5, 5.41) is 11.7. The first-order valence-corrected chi connectivity index (χ1v) is 10.8. The minimum absolute atomic E-state index is 0.266. The van der Waals surface area contributed by atoms with Crippen LogP contribution in [-0.4, -0.2) is 19.3 Å². The van der Waals surface area contributed by atoms with Crippen molar-refractivity contribution in [3.05, 3.63) is 46.7 Å². The van der Waals surface area contributed by atoms with Crippen LogP contribution in [0.1, 0.15) is 32.3 Å². The van der Waals surface area contributed by atoms with E-state index in [0.29, 0.717) is 0 Å². The SMILES string of the molecule is CCC(O)/C(C)=C(/CCc1ccccc1)[Si](C)(C)C. The van der Waals surface area contributed by atoms with Crippen molar-refractivity contribution >= 4 is 8.07 Å². The van der Waals surface area contributed by atoms with Crippen LogP contribution in [0.4, 0.5) is 0 Å². The van der Waals surface area contributed by atoms with Crippen LogP contribution in [-0.2, 0) is 6.42 Å². The Hall–Kier alpha value is -0.863. The van der Waals surface area contributed by atoms with Crippen LogP contribution < -0.4 is 0 Å². The molecule has 0 amide bonds. The maximum atomic E-state index is 10.1. The van der Waals surface area contributed by atoms with Crippen molar-refractivity contribution < 1.29 is 5.11 Å². The highest BCUT2D eigenvalue weighted by molar-refractivity contribution is 6.83. The largest absolute Gasteiger partial charge is 0.389 e. The molecule has 0 aliphatic rings. The van der Waals surface area contributed by atoms with Gasteiger partial charge in [-0.2, -0.15) is 0 Å². The molecular weight excluding hydrogens is 248 g/mol. The van der Waals surface area contributed by atoms with Crippen LogP contribution in [0.3, 0.4) is 0 Å². The van der Waals surface area contributed by atoms with Gasteiger partial charge in [0.2, 0.25) is 0 Å². The van der Waals surface area contributed by atoms with Gasteiger partial charge in [-0.3, -0.25) is 0 Å². The summed E-state index contributed by atoms with van der Waals surface area (Å²) in [6, 6.07) is 10.6. The van der Waals surface area contributed by atoms with E-state index in [0.717, 1.165) is 19.3 Å². The third-order valence-electron chi connectivity index (χ3n) is 3.77. The first kappa shape index (κ1) is 16.2. The molecule has 1 unspecified atom stereocenters. The van der Waals surface area contributed by atoms with Gasteiger partial charge < -0.3 is 5.11 Å². The number of aliphatic hydroxyl groups is 1. The summed E-state index contributed by atoms with van der Waals surface area (Å²) in [6.07, 6.45) is 2.71. The fourth-order valence-corrected chi connectivity index (χ4v) is 4.81. The van der Waals surface area contributed by atoms with Crippen LogP contribution in [0.2, 0.25) is 19.6 Å². The van der Waals surface area contributed by atoms with Crippen LogP contribution in [0.15, 0.2) is 41.1 Å². The number of aryl methyl sites for hydroxylation is 1. The lowest BCUT2D eigenvalue weighted by atomic mass is 10.0. The molecule has 1 aromatic carbocycles. The molecular formula is C17H28OSi. The normalized spacial score (nSPS) is 15.1. The van der Waals surface area contributed by atoms with Gasteiger partial charge in [0.1, 0.15) is 0 Å². The highest BCUT2D eigenvalue weighted by Crippen LogP contribution is 2.26. The number of hydrogen-bond acceptors (Lipinski definition) is 1. The molecule has 0 saturated heterocycles. The fraction of sp³-hybridized carbons (Fsp3) is 0.529. The number of hydrogen-bond donors (Lipinski definition) is 1. The van der Waals surface area contributed by atoms with E-state index in [2.05, 4.69) is 56.9 Å². The summed E-state index contributed by atoms with van der Waals surface area (Å²) in [5.41, 5.74) is 2.61. The second-order valence-electron chi connectivity index (χ2n) is 6.32. The summed E-state index contributed by atoms with van der Waals surface area (Å²) in [4.78, 5) is 0. The summed E-state index contributed by atoms with van der Waals surface area (Å²) in [5.74, 6) is 0. The van der Waals surface area contributed by atoms with E-state index in [1.54, 1.807) is 0 Å². The third kappa shape index (κ3) is 4.96. The van der Waals surface area contributed by atoms with Crippen molar-refractivity contribution in [1.29, 1.82) is 0 Å². The van der Waals surface area contributed by atoms with Gasteiger partial charge in [-0.15, -0.1) is 0 Å². The Kier molecular flexibility index (Phi) is 6.02. The Balaban J connectivity index is 2.88. The summed E-state index contributed by atoms with van der Waals surface area (Å²) >= 11 is 0. The molecule has 0 spiro atoms. The van der Waals surface area contributed by atoms with E-state index in [1.165, 1.54) is 16.3 Å². The Morgan fingerprint density at radius 3 is 2.21 bits per heavy atom. The van der Waals surface area contributed by atoms with Crippen molar-refractivity contribution in [3.63, 3.8) is 0 Å². The number of allylic oxidation sites excluding steroid dienone is 1. The second kappa shape index (κ2) is 7.06. The molecule has 0 radical (unpaired) electrons. The Bertz CT molecular complexity index is 415. The van der Waals surface area contributed by atoms with Crippen molar-refractivity contribution in [2.45, 2.75) is 58.9 Å². The average Bonchev–Trinajstić information content (AvgIpc) is 2.37. The summed E-state index contributed by atoms with van der Waals surface area (Å²) < 4.78 is 0. The third-order valence-corrected chi connectivity index (χ3v) is 6.23. The van der Waals surface area contributed by atoms with Crippen LogP contribution >= 0.6 is 0 Å². The van der Waals surface area contributed by atoms with Gasteiger partial charge in [0.25, 0.3) is 0 Å². The standard InChI is InChI=1S/C17H28OSi/c1-6-16(18)14(2)17(19(3,4)5)13-12-15-10-8-7-9-11-15/h7-11,16,18H,6,12-13H2,1-5H3/b17-14-. The highest BCUT2D eigenvalue weighted by atomic mass is 28.3. The van der Waals surface area contributed by atoms with Gasteiger partial charge >= 0.3 is 0 Å². The fourth-order valence-electron chi connectivity index (χ4n) is 2.58. The zero-order chi connectivity index (χ0) is 14.5. The molecule has 0 fully saturated rings. The zero-order valence-electron chi connectivity index (χ0n) is 13.0. The van der Waals surface area contributed by atoms with Crippen LogP contribution in [0.25, 0.3) is 0 Å². The monoisotopic (exact) mass is 276 g/mol. The van der Waals surface area contributed by atoms with Gasteiger partial charge in [-0.05, 0) is 37.3 Å². The molecule has 0 aliphatic carbocycles. The smallest absolute Gasteiger partial charge is 0.0743 e. The van der Waals surface area contributed by atoms with Crippen molar-refractivity contribution in [3.8, 4) is 0 Å². The first-order chi connectivity index (χ1) is 8.86. The van der Waals surface area contributed by atoms with Gasteiger partial charge in [-0.1, -0.05) is 62.1 Å². The van der Waals surface area contributed by atoms with E-state index < -0.39 is 8.07 Å². The summed E-state index contributed by atoms with van der Waals surface area (Å²) in [6.45, 7) is 11.3. The van der Waals surface area contributed by atoms with E-state index in [-0.39, 0.29) is 6.10 Å². The molecule has 2 heteroatoms. The molecule has 0 heterocycles. The molecule has 0 aromatic heterocycles. The van der Waals surface area contributed by atoms with Crippen LogP contribution in [0.5, 0.6) is 0 Å². The molecule has 1 N–H and O–H groups in total. The number of rotatable bonds is 6. The van der Waals surface area contributed by atoms with Crippen molar-refractivity contribution in [2.75, 3.05) is 0 Å². The molecule has 0 saturated carbocycles. The lowest BCUT2D eigenvalue weighted by Gasteiger charge is -2.26. The van der Waals surface area contributed by atoms with E-state index in [1.807, 2.05) is 6.92 Å². The molecule has 1 atom stereocenters.